The van der Waals surface area contributed by atoms with E-state index in [2.05, 4.69) is 10.3 Å². The first kappa shape index (κ1) is 23.8. The maximum atomic E-state index is 13.4. The van der Waals surface area contributed by atoms with Crippen LogP contribution in [0, 0.1) is 4.77 Å². The third-order valence-corrected chi connectivity index (χ3v) is 5.73. The number of nitrogens with one attached hydrogen (secondary N) is 2. The molecule has 0 radical (unpaired) electrons. The lowest BCUT2D eigenvalue weighted by Crippen LogP contribution is -2.21. The Labute approximate surface area is 205 Å². The van der Waals surface area contributed by atoms with Gasteiger partial charge in [-0.25, -0.2) is 4.57 Å². The number of benzene rings is 3. The van der Waals surface area contributed by atoms with E-state index in [9.17, 15) is 9.59 Å². The minimum absolute atomic E-state index is 0.142. The maximum absolute atomic E-state index is 13.4. The fourth-order valence-corrected chi connectivity index (χ4v) is 3.94. The third kappa shape index (κ3) is 4.56. The number of carbonyl (C=O) groups is 1. The number of H-pyrrole nitrogens is 1. The Morgan fingerprint density at radius 1 is 0.857 bits per heavy atom. The number of anilines is 1. The molecule has 10 heteroatoms. The van der Waals surface area contributed by atoms with E-state index < -0.39 is 0 Å². The molecule has 2 N–H and O–H groups in total. The summed E-state index contributed by atoms with van der Waals surface area (Å²) in [4.78, 5) is 29.4. The van der Waals surface area contributed by atoms with Crippen LogP contribution in [0.3, 0.4) is 0 Å². The van der Waals surface area contributed by atoms with Crippen LogP contribution in [0.5, 0.6) is 23.0 Å². The largest absolute Gasteiger partial charge is 0.497 e. The summed E-state index contributed by atoms with van der Waals surface area (Å²) in [6.45, 7) is 0. The molecule has 180 valence electrons. The van der Waals surface area contributed by atoms with Gasteiger partial charge in [0.25, 0.3) is 11.5 Å². The molecule has 3 aromatic carbocycles. The highest BCUT2D eigenvalue weighted by Gasteiger charge is 2.16. The van der Waals surface area contributed by atoms with Gasteiger partial charge < -0.3 is 29.2 Å². The molecular weight excluding hydrogens is 470 g/mol. The van der Waals surface area contributed by atoms with Crippen molar-refractivity contribution in [2.45, 2.75) is 0 Å². The van der Waals surface area contributed by atoms with Crippen LogP contribution in [-0.2, 0) is 0 Å². The van der Waals surface area contributed by atoms with Gasteiger partial charge in [-0.1, -0.05) is 0 Å². The van der Waals surface area contributed by atoms with Crippen molar-refractivity contribution < 1.29 is 23.7 Å². The Balaban J connectivity index is 1.75. The van der Waals surface area contributed by atoms with E-state index in [0.29, 0.717) is 50.8 Å². The van der Waals surface area contributed by atoms with E-state index in [1.807, 2.05) is 0 Å². The summed E-state index contributed by atoms with van der Waals surface area (Å²) in [5.41, 5.74) is 1.31. The maximum Gasteiger partial charge on any atom is 0.266 e. The minimum atomic E-state index is -0.381. The monoisotopic (exact) mass is 493 g/mol. The van der Waals surface area contributed by atoms with E-state index in [4.69, 9.17) is 31.2 Å². The molecule has 0 saturated carbocycles. The number of aromatic nitrogens is 2. The van der Waals surface area contributed by atoms with E-state index >= 15 is 0 Å². The molecule has 4 aromatic rings. The first-order valence-corrected chi connectivity index (χ1v) is 10.9. The molecular formula is C25H23N3O6S. The number of ether oxygens (including phenoxy) is 4. The van der Waals surface area contributed by atoms with E-state index in [1.165, 1.54) is 25.9 Å². The number of fused-ring (bicyclic) bond motifs is 1. The van der Waals surface area contributed by atoms with Gasteiger partial charge in [0.05, 0.1) is 50.7 Å². The number of rotatable bonds is 7. The second-order valence-electron chi connectivity index (χ2n) is 7.39. The zero-order valence-corrected chi connectivity index (χ0v) is 20.3. The summed E-state index contributed by atoms with van der Waals surface area (Å²) in [6, 6.07) is 14.9. The van der Waals surface area contributed by atoms with Crippen LogP contribution in [-0.4, -0.2) is 43.9 Å². The first-order valence-electron chi connectivity index (χ1n) is 10.4. The quantitative estimate of drug-likeness (QED) is 0.369. The lowest BCUT2D eigenvalue weighted by molar-refractivity contribution is 0.102. The lowest BCUT2D eigenvalue weighted by atomic mass is 10.1. The van der Waals surface area contributed by atoms with Crippen molar-refractivity contribution in [3.63, 3.8) is 0 Å². The van der Waals surface area contributed by atoms with Crippen molar-refractivity contribution in [2.75, 3.05) is 33.8 Å². The van der Waals surface area contributed by atoms with Crippen molar-refractivity contribution in [3.8, 4) is 28.7 Å². The molecule has 0 saturated heterocycles. The molecule has 0 bridgehead atoms. The van der Waals surface area contributed by atoms with Gasteiger partial charge in [-0.3, -0.25) is 9.59 Å². The molecule has 1 amide bonds. The van der Waals surface area contributed by atoms with E-state index in [0.717, 1.165) is 0 Å². The van der Waals surface area contributed by atoms with Crippen LogP contribution in [0.15, 0.2) is 59.4 Å². The highest BCUT2D eigenvalue weighted by molar-refractivity contribution is 7.71. The van der Waals surface area contributed by atoms with Crippen molar-refractivity contribution in [1.82, 2.24) is 9.55 Å². The Morgan fingerprint density at radius 3 is 2.23 bits per heavy atom. The minimum Gasteiger partial charge on any atom is -0.497 e. The van der Waals surface area contributed by atoms with Crippen LogP contribution in [0.25, 0.3) is 16.6 Å². The summed E-state index contributed by atoms with van der Waals surface area (Å²) in [5.74, 6) is 1.67. The molecule has 1 aromatic heterocycles. The summed E-state index contributed by atoms with van der Waals surface area (Å²) in [5, 5.41) is 3.16. The summed E-state index contributed by atoms with van der Waals surface area (Å²) >= 11 is 5.49. The first-order chi connectivity index (χ1) is 16.9. The molecule has 4 rings (SSSR count). The van der Waals surface area contributed by atoms with Crippen molar-refractivity contribution >= 4 is 34.7 Å². The van der Waals surface area contributed by atoms with Crippen LogP contribution in [0.4, 0.5) is 5.69 Å². The summed E-state index contributed by atoms with van der Waals surface area (Å²) in [6.07, 6.45) is 0. The average Bonchev–Trinajstić information content (AvgIpc) is 2.88. The Kier molecular flexibility index (Phi) is 6.74. The van der Waals surface area contributed by atoms with Crippen LogP contribution < -0.4 is 29.8 Å². The van der Waals surface area contributed by atoms with Crippen molar-refractivity contribution in [3.05, 3.63) is 75.3 Å². The predicted molar refractivity (Wildman–Crippen MR) is 135 cm³/mol. The zero-order valence-electron chi connectivity index (χ0n) is 19.5. The van der Waals surface area contributed by atoms with Gasteiger partial charge >= 0.3 is 0 Å². The zero-order chi connectivity index (χ0) is 25.1. The predicted octanol–water partition coefficient (Wildman–Crippen LogP) is 4.33. The van der Waals surface area contributed by atoms with Gasteiger partial charge in [0, 0.05) is 17.7 Å². The molecule has 1 heterocycles. The molecule has 0 atom stereocenters. The van der Waals surface area contributed by atoms with Crippen LogP contribution in [0.1, 0.15) is 10.4 Å². The molecule has 0 aliphatic heterocycles. The van der Waals surface area contributed by atoms with Gasteiger partial charge in [0.15, 0.2) is 4.77 Å². The smallest absolute Gasteiger partial charge is 0.266 e. The molecule has 0 spiro atoms. The third-order valence-electron chi connectivity index (χ3n) is 5.44. The Morgan fingerprint density at radius 2 is 1.54 bits per heavy atom. The van der Waals surface area contributed by atoms with Gasteiger partial charge in [0.1, 0.15) is 23.0 Å². The highest BCUT2D eigenvalue weighted by Crippen LogP contribution is 2.30. The van der Waals surface area contributed by atoms with Crippen LogP contribution >= 0.6 is 12.2 Å². The van der Waals surface area contributed by atoms with E-state index in [1.54, 1.807) is 61.7 Å². The van der Waals surface area contributed by atoms with Crippen LogP contribution in [0.2, 0.25) is 0 Å². The SMILES string of the molecule is COc1ccc(NC(=O)c2ccc3c(=O)n(-c4cc(OC)ccc4OC)c(=S)[nH]c3c2)c(OC)c1. The van der Waals surface area contributed by atoms with E-state index in [-0.39, 0.29) is 16.2 Å². The number of amides is 1. The number of hydrogen-bond donors (Lipinski definition) is 2. The molecule has 9 nitrogen and oxygen atoms in total. The number of aromatic amines is 1. The van der Waals surface area contributed by atoms with Gasteiger partial charge in [-0.15, -0.1) is 0 Å². The standard InChI is InChI=1S/C25H23N3O6S/c1-31-15-7-10-21(33-3)20(12-15)28-24(30)17-8-5-14(11-19(17)27-25(28)35)23(29)26-18-9-6-16(32-2)13-22(18)34-4/h5-13H,1-4H3,(H,26,29)(H,27,35). The van der Waals surface area contributed by atoms with Gasteiger partial charge in [0.2, 0.25) is 0 Å². The van der Waals surface area contributed by atoms with Gasteiger partial charge in [-0.2, -0.15) is 0 Å². The van der Waals surface area contributed by atoms with Crippen molar-refractivity contribution in [2.24, 2.45) is 0 Å². The Bertz CT molecular complexity index is 1540. The lowest BCUT2D eigenvalue weighted by Gasteiger charge is -2.14. The second-order valence-corrected chi connectivity index (χ2v) is 7.78. The fraction of sp³-hybridized carbons (Fsp3) is 0.160. The molecule has 0 fully saturated rings. The van der Waals surface area contributed by atoms with Gasteiger partial charge in [-0.05, 0) is 54.7 Å². The summed E-state index contributed by atoms with van der Waals surface area (Å²) in [7, 11) is 6.09. The highest BCUT2D eigenvalue weighted by atomic mass is 32.1. The molecule has 0 aliphatic carbocycles. The second kappa shape index (κ2) is 9.90. The molecule has 0 aliphatic rings. The fourth-order valence-electron chi connectivity index (χ4n) is 3.65. The van der Waals surface area contributed by atoms with Crippen molar-refractivity contribution in [1.29, 1.82) is 0 Å². The molecule has 0 unspecified atom stereocenters. The normalized spacial score (nSPS) is 10.6. The molecule has 35 heavy (non-hydrogen) atoms. The number of carbonyl (C=O) groups excluding carboxylic acids is 1. The average molecular weight is 494 g/mol. The summed E-state index contributed by atoms with van der Waals surface area (Å²) < 4.78 is 22.7. The number of hydrogen-bond acceptors (Lipinski definition) is 7. The number of methoxy groups -OCH3 is 4. The topological polar surface area (TPSA) is 104 Å². The Hall–Kier alpha value is -4.31. The number of nitrogens with zero attached hydrogens (tertiary/aromatic N) is 1.